The van der Waals surface area contributed by atoms with Gasteiger partial charge in [0.1, 0.15) is 5.75 Å². The van der Waals surface area contributed by atoms with Crippen molar-refractivity contribution < 1.29 is 13.2 Å². The number of nitrogens with one attached hydrogen (secondary N) is 2. The topological polar surface area (TPSA) is 67.4 Å². The van der Waals surface area contributed by atoms with Crippen LogP contribution in [0.15, 0.2) is 29.2 Å². The minimum atomic E-state index is -3.45. The van der Waals surface area contributed by atoms with E-state index >= 15 is 0 Å². The minimum absolute atomic E-state index is 0. The van der Waals surface area contributed by atoms with Crippen molar-refractivity contribution in [1.82, 2.24) is 10.0 Å². The number of ether oxygens (including phenoxy) is 1. The summed E-state index contributed by atoms with van der Waals surface area (Å²) in [6, 6.07) is 6.56. The van der Waals surface area contributed by atoms with Gasteiger partial charge in [-0.25, -0.2) is 13.1 Å². The molecule has 0 unspecified atom stereocenters. The highest BCUT2D eigenvalue weighted by Gasteiger charge is 2.21. The summed E-state index contributed by atoms with van der Waals surface area (Å²) in [6.07, 6.45) is 1.87. The molecule has 0 amide bonds. The second-order valence-corrected chi connectivity index (χ2v) is 7.55. The second kappa shape index (κ2) is 8.72. The van der Waals surface area contributed by atoms with Gasteiger partial charge in [0.2, 0.25) is 10.0 Å². The first-order chi connectivity index (χ1) is 9.97. The van der Waals surface area contributed by atoms with E-state index in [1.165, 1.54) is 0 Å². The summed E-state index contributed by atoms with van der Waals surface area (Å²) < 4.78 is 32.9. The van der Waals surface area contributed by atoms with Gasteiger partial charge in [0.15, 0.2) is 0 Å². The molecule has 1 heterocycles. The van der Waals surface area contributed by atoms with Crippen LogP contribution in [0.25, 0.3) is 0 Å². The first kappa shape index (κ1) is 19.2. The summed E-state index contributed by atoms with van der Waals surface area (Å²) in [5.74, 6) is 1.14. The molecule has 22 heavy (non-hydrogen) atoms. The minimum Gasteiger partial charge on any atom is -0.493 e. The van der Waals surface area contributed by atoms with Crippen LogP contribution in [0.3, 0.4) is 0 Å². The largest absolute Gasteiger partial charge is 0.493 e. The average molecular weight is 349 g/mol. The summed E-state index contributed by atoms with van der Waals surface area (Å²) in [5.41, 5.74) is 0. The molecule has 0 saturated carbocycles. The zero-order valence-electron chi connectivity index (χ0n) is 13.0. The van der Waals surface area contributed by atoms with Crippen molar-refractivity contribution in [2.45, 2.75) is 37.6 Å². The fraction of sp³-hybridized carbons (Fsp3) is 0.600. The van der Waals surface area contributed by atoms with Crippen LogP contribution in [0.4, 0.5) is 0 Å². The van der Waals surface area contributed by atoms with E-state index in [2.05, 4.69) is 23.9 Å². The van der Waals surface area contributed by atoms with Gasteiger partial charge in [0, 0.05) is 12.6 Å². The van der Waals surface area contributed by atoms with Crippen molar-refractivity contribution in [2.24, 2.45) is 5.92 Å². The van der Waals surface area contributed by atoms with Gasteiger partial charge in [-0.3, -0.25) is 0 Å². The predicted octanol–water partition coefficient (Wildman–Crippen LogP) is 2.17. The van der Waals surface area contributed by atoms with E-state index in [9.17, 15) is 8.42 Å². The molecular formula is C15H25ClN2O3S. The number of piperidine rings is 1. The number of sulfonamides is 1. The summed E-state index contributed by atoms with van der Waals surface area (Å²) in [5, 5.41) is 3.20. The molecule has 0 bridgehead atoms. The lowest BCUT2D eigenvalue weighted by Crippen LogP contribution is -2.45. The third kappa shape index (κ3) is 5.76. The fourth-order valence-electron chi connectivity index (χ4n) is 2.22. The molecule has 0 radical (unpaired) electrons. The van der Waals surface area contributed by atoms with Gasteiger partial charge in [-0.05, 0) is 49.6 Å². The first-order valence-electron chi connectivity index (χ1n) is 7.43. The highest BCUT2D eigenvalue weighted by Crippen LogP contribution is 2.17. The molecule has 2 rings (SSSR count). The Morgan fingerprint density at radius 2 is 2.00 bits per heavy atom. The highest BCUT2D eigenvalue weighted by atomic mass is 35.5. The van der Waals surface area contributed by atoms with Crippen LogP contribution in [0.5, 0.6) is 5.75 Å². The van der Waals surface area contributed by atoms with E-state index in [1.807, 2.05) is 0 Å². The molecule has 0 spiro atoms. The van der Waals surface area contributed by atoms with E-state index in [-0.39, 0.29) is 23.3 Å². The number of benzene rings is 1. The van der Waals surface area contributed by atoms with E-state index in [0.717, 1.165) is 19.4 Å². The van der Waals surface area contributed by atoms with Crippen molar-refractivity contribution in [2.75, 3.05) is 19.7 Å². The van der Waals surface area contributed by atoms with Crippen LogP contribution in [0, 0.1) is 5.92 Å². The fourth-order valence-corrected chi connectivity index (χ4v) is 3.49. The smallest absolute Gasteiger partial charge is 0.240 e. The standard InChI is InChI=1S/C15H24N2O3S.ClH/c1-12(2)11-20-14-5-7-15(8-6-14)21(18,19)17-13-4-3-9-16-10-13;/h5-8,12-13,16-17H,3-4,9-11H2,1-2H3;1H/t13-;/m1./s1. The third-order valence-electron chi connectivity index (χ3n) is 3.34. The van der Waals surface area contributed by atoms with Gasteiger partial charge < -0.3 is 10.1 Å². The van der Waals surface area contributed by atoms with Gasteiger partial charge in [-0.15, -0.1) is 12.4 Å². The lowest BCUT2D eigenvalue weighted by molar-refractivity contribution is 0.271. The molecule has 7 heteroatoms. The molecule has 1 atom stereocenters. The third-order valence-corrected chi connectivity index (χ3v) is 4.87. The van der Waals surface area contributed by atoms with Crippen LogP contribution in [0.1, 0.15) is 26.7 Å². The lowest BCUT2D eigenvalue weighted by Gasteiger charge is -2.23. The molecular weight excluding hydrogens is 324 g/mol. The Balaban J connectivity index is 0.00000242. The normalized spacial score (nSPS) is 18.8. The molecule has 0 aliphatic carbocycles. The monoisotopic (exact) mass is 348 g/mol. The molecule has 1 aromatic carbocycles. The SMILES string of the molecule is CC(C)COc1ccc(S(=O)(=O)N[C@@H]2CCCNC2)cc1.Cl. The highest BCUT2D eigenvalue weighted by molar-refractivity contribution is 7.89. The Hall–Kier alpha value is -0.820. The van der Waals surface area contributed by atoms with Crippen LogP contribution >= 0.6 is 12.4 Å². The van der Waals surface area contributed by atoms with Crippen LogP contribution in [-0.2, 0) is 10.0 Å². The number of halogens is 1. The first-order valence-corrected chi connectivity index (χ1v) is 8.91. The van der Waals surface area contributed by atoms with Crippen molar-refractivity contribution in [1.29, 1.82) is 0 Å². The molecule has 0 aromatic heterocycles. The van der Waals surface area contributed by atoms with Gasteiger partial charge >= 0.3 is 0 Å². The Labute approximate surface area is 139 Å². The van der Waals surface area contributed by atoms with E-state index < -0.39 is 10.0 Å². The maximum Gasteiger partial charge on any atom is 0.240 e. The zero-order valence-corrected chi connectivity index (χ0v) is 14.7. The van der Waals surface area contributed by atoms with Gasteiger partial charge in [-0.1, -0.05) is 13.8 Å². The van der Waals surface area contributed by atoms with Crippen LogP contribution in [0.2, 0.25) is 0 Å². The second-order valence-electron chi connectivity index (χ2n) is 5.84. The maximum absolute atomic E-state index is 12.3. The average Bonchev–Trinajstić information content (AvgIpc) is 2.46. The van der Waals surface area contributed by atoms with Crippen LogP contribution in [-0.4, -0.2) is 34.2 Å². The summed E-state index contributed by atoms with van der Waals surface area (Å²) in [7, 11) is -3.45. The van der Waals surface area contributed by atoms with E-state index in [4.69, 9.17) is 4.74 Å². The van der Waals surface area contributed by atoms with Crippen molar-refractivity contribution in [3.8, 4) is 5.75 Å². The van der Waals surface area contributed by atoms with Gasteiger partial charge in [-0.2, -0.15) is 0 Å². The van der Waals surface area contributed by atoms with Crippen LogP contribution < -0.4 is 14.8 Å². The Morgan fingerprint density at radius 3 is 2.55 bits per heavy atom. The van der Waals surface area contributed by atoms with Gasteiger partial charge in [0.25, 0.3) is 0 Å². The number of hydrogen-bond donors (Lipinski definition) is 2. The Bertz CT molecular complexity index is 540. The van der Waals surface area contributed by atoms with E-state index in [0.29, 0.717) is 24.8 Å². The number of hydrogen-bond acceptors (Lipinski definition) is 4. The molecule has 2 N–H and O–H groups in total. The van der Waals surface area contributed by atoms with Crippen molar-refractivity contribution in [3.05, 3.63) is 24.3 Å². The summed E-state index contributed by atoms with van der Waals surface area (Å²) in [6.45, 7) is 6.41. The summed E-state index contributed by atoms with van der Waals surface area (Å²) in [4.78, 5) is 0.282. The maximum atomic E-state index is 12.3. The van der Waals surface area contributed by atoms with Gasteiger partial charge in [0.05, 0.1) is 11.5 Å². The molecule has 1 saturated heterocycles. The quantitative estimate of drug-likeness (QED) is 0.826. The molecule has 5 nitrogen and oxygen atoms in total. The lowest BCUT2D eigenvalue weighted by atomic mass is 10.1. The molecule has 1 aliphatic rings. The Morgan fingerprint density at radius 1 is 1.32 bits per heavy atom. The van der Waals surface area contributed by atoms with E-state index in [1.54, 1.807) is 24.3 Å². The number of rotatable bonds is 6. The van der Waals surface area contributed by atoms with Crippen molar-refractivity contribution in [3.63, 3.8) is 0 Å². The molecule has 1 aliphatic heterocycles. The summed E-state index contributed by atoms with van der Waals surface area (Å²) >= 11 is 0. The van der Waals surface area contributed by atoms with Crippen molar-refractivity contribution >= 4 is 22.4 Å². The predicted molar refractivity (Wildman–Crippen MR) is 90.2 cm³/mol. The Kier molecular flexibility index (Phi) is 7.62. The molecule has 1 fully saturated rings. The molecule has 126 valence electrons. The molecule has 1 aromatic rings. The zero-order chi connectivity index (χ0) is 15.3.